The van der Waals surface area contributed by atoms with Gasteiger partial charge < -0.3 is 29.7 Å². The lowest BCUT2D eigenvalue weighted by Gasteiger charge is -2.35. The molecule has 6 rings (SSSR count). The number of aromatic amines is 1. The molecule has 3 heterocycles. The normalized spacial score (nSPS) is 17.9. The summed E-state index contributed by atoms with van der Waals surface area (Å²) < 4.78 is 5.45. The summed E-state index contributed by atoms with van der Waals surface area (Å²) in [7, 11) is 2.07. The molecule has 9 nitrogen and oxygen atoms in total. The van der Waals surface area contributed by atoms with Gasteiger partial charge in [-0.2, -0.15) is 5.26 Å². The number of H-pyrrole nitrogens is 1. The van der Waals surface area contributed by atoms with Crippen molar-refractivity contribution in [2.45, 2.75) is 25.5 Å². The maximum Gasteiger partial charge on any atom is 0.407 e. The van der Waals surface area contributed by atoms with Crippen LogP contribution in [0.25, 0.3) is 21.8 Å². The number of hydrogen-bond donors (Lipinski definition) is 2. The molecule has 1 atom stereocenters. The minimum absolute atomic E-state index is 0.0310. The van der Waals surface area contributed by atoms with Crippen LogP contribution in [0, 0.1) is 11.3 Å². The number of likely N-dealkylation sites (N-methyl/N-ethyl adjacent to an activating group) is 1. The van der Waals surface area contributed by atoms with Gasteiger partial charge in [-0.3, -0.25) is 4.79 Å². The molecule has 0 bridgehead atoms. The summed E-state index contributed by atoms with van der Waals surface area (Å²) >= 11 is 0. The Kier molecular flexibility index (Phi) is 7.49. The molecule has 210 valence electrons. The number of amides is 2. The molecular formula is C32H34N6O3. The molecule has 2 amide bonds. The van der Waals surface area contributed by atoms with Crippen molar-refractivity contribution >= 4 is 39.5 Å². The molecule has 2 fully saturated rings. The Morgan fingerprint density at radius 2 is 1.85 bits per heavy atom. The lowest BCUT2D eigenvalue weighted by atomic mass is 10.0. The van der Waals surface area contributed by atoms with Crippen LogP contribution in [0.3, 0.4) is 0 Å². The summed E-state index contributed by atoms with van der Waals surface area (Å²) in [6, 6.07) is 21.5. The number of piperidine rings is 1. The number of nitrogens with one attached hydrogen (secondary N) is 2. The number of ether oxygens (including phenoxy) is 1. The molecule has 2 N–H and O–H groups in total. The van der Waals surface area contributed by atoms with Gasteiger partial charge in [-0.15, -0.1) is 0 Å². The second kappa shape index (κ2) is 11.5. The van der Waals surface area contributed by atoms with Crippen LogP contribution < -0.4 is 10.2 Å². The van der Waals surface area contributed by atoms with Gasteiger partial charge in [0.15, 0.2) is 0 Å². The molecule has 0 aliphatic carbocycles. The van der Waals surface area contributed by atoms with E-state index >= 15 is 0 Å². The first kappa shape index (κ1) is 26.7. The van der Waals surface area contributed by atoms with Crippen LogP contribution in [0.1, 0.15) is 34.3 Å². The van der Waals surface area contributed by atoms with Crippen molar-refractivity contribution < 1.29 is 14.3 Å². The van der Waals surface area contributed by atoms with Gasteiger partial charge in [-0.05, 0) is 49.7 Å². The Balaban J connectivity index is 1.23. The number of carbonyl (C=O) groups is 2. The Labute approximate surface area is 239 Å². The summed E-state index contributed by atoms with van der Waals surface area (Å²) in [6.45, 7) is 4.86. The Bertz CT molecular complexity index is 1620. The Morgan fingerprint density at radius 3 is 2.63 bits per heavy atom. The first-order chi connectivity index (χ1) is 20.0. The largest absolute Gasteiger partial charge is 0.445 e. The second-order valence-corrected chi connectivity index (χ2v) is 11.0. The number of fused-ring (bicyclic) bond motifs is 3. The van der Waals surface area contributed by atoms with Crippen LogP contribution in [-0.4, -0.2) is 79.1 Å². The van der Waals surface area contributed by atoms with Crippen molar-refractivity contribution in [3.05, 3.63) is 77.4 Å². The number of anilines is 1. The van der Waals surface area contributed by atoms with Gasteiger partial charge in [0.05, 0.1) is 11.1 Å². The minimum Gasteiger partial charge on any atom is -0.445 e. The molecule has 2 aliphatic rings. The van der Waals surface area contributed by atoms with Crippen LogP contribution in [0.15, 0.2) is 60.7 Å². The fourth-order valence-electron chi connectivity index (χ4n) is 5.92. The zero-order chi connectivity index (χ0) is 28.3. The first-order valence-corrected chi connectivity index (χ1v) is 14.2. The third-order valence-corrected chi connectivity index (χ3v) is 8.19. The van der Waals surface area contributed by atoms with Gasteiger partial charge in [0.25, 0.3) is 5.91 Å². The van der Waals surface area contributed by atoms with E-state index in [-0.39, 0.29) is 18.6 Å². The van der Waals surface area contributed by atoms with E-state index in [1.165, 1.54) is 0 Å². The molecule has 0 saturated carbocycles. The standard InChI is InChI=1S/C32H34N6O3/c1-36-14-16-37(17-15-36)31(39)23-9-11-26-27(18-23)35-30-24(19-33)10-12-28(29(26)30)38-13-5-8-25(20-38)34-32(40)41-21-22-6-3-2-4-7-22/h2-4,6-7,9-12,18,25,35H,5,8,13-17,20-21H2,1H3,(H,34,40)/t25-/m1/s1. The van der Waals surface area contributed by atoms with E-state index < -0.39 is 6.09 Å². The molecule has 0 unspecified atom stereocenters. The van der Waals surface area contributed by atoms with Crippen LogP contribution in [0.5, 0.6) is 0 Å². The predicted molar refractivity (Wildman–Crippen MR) is 159 cm³/mol. The quantitative estimate of drug-likeness (QED) is 0.380. The van der Waals surface area contributed by atoms with E-state index in [9.17, 15) is 14.9 Å². The molecule has 4 aromatic rings. The van der Waals surface area contributed by atoms with Gasteiger partial charge in [0, 0.05) is 72.9 Å². The molecule has 9 heteroatoms. The number of alkyl carbamates (subject to hydrolysis) is 1. The number of aromatic nitrogens is 1. The minimum atomic E-state index is -0.421. The van der Waals surface area contributed by atoms with Gasteiger partial charge in [-0.1, -0.05) is 36.4 Å². The maximum atomic E-state index is 13.2. The van der Waals surface area contributed by atoms with E-state index in [0.717, 1.165) is 65.5 Å². The molecule has 2 saturated heterocycles. The van der Waals surface area contributed by atoms with Gasteiger partial charge in [0.1, 0.15) is 12.7 Å². The fraction of sp³-hybridized carbons (Fsp3) is 0.344. The van der Waals surface area contributed by atoms with Crippen molar-refractivity contribution in [1.82, 2.24) is 20.1 Å². The number of piperazine rings is 1. The summed E-state index contributed by atoms with van der Waals surface area (Å²) in [4.78, 5) is 35.6. The third-order valence-electron chi connectivity index (χ3n) is 8.19. The number of benzene rings is 3. The number of carbonyl (C=O) groups excluding carboxylic acids is 2. The van der Waals surface area contributed by atoms with Crippen LogP contribution in [0.2, 0.25) is 0 Å². The van der Waals surface area contributed by atoms with E-state index in [4.69, 9.17) is 4.74 Å². The number of nitrogens with zero attached hydrogens (tertiary/aromatic N) is 4. The van der Waals surface area contributed by atoms with Crippen LogP contribution in [0.4, 0.5) is 10.5 Å². The van der Waals surface area contributed by atoms with Crippen molar-refractivity contribution in [2.75, 3.05) is 51.2 Å². The van der Waals surface area contributed by atoms with Crippen molar-refractivity contribution in [3.63, 3.8) is 0 Å². The summed E-state index contributed by atoms with van der Waals surface area (Å²) in [5, 5.41) is 14.8. The Hall–Kier alpha value is -4.55. The van der Waals surface area contributed by atoms with E-state index in [1.807, 2.05) is 65.6 Å². The van der Waals surface area contributed by atoms with Crippen molar-refractivity contribution in [2.24, 2.45) is 0 Å². The second-order valence-electron chi connectivity index (χ2n) is 11.0. The highest BCUT2D eigenvalue weighted by Gasteiger charge is 2.26. The van der Waals surface area contributed by atoms with Crippen molar-refractivity contribution in [1.29, 1.82) is 5.26 Å². The monoisotopic (exact) mass is 550 g/mol. The average molecular weight is 551 g/mol. The molecule has 1 aromatic heterocycles. The predicted octanol–water partition coefficient (Wildman–Crippen LogP) is 4.48. The molecule has 0 radical (unpaired) electrons. The summed E-state index contributed by atoms with van der Waals surface area (Å²) in [5.41, 5.74) is 4.75. The Morgan fingerprint density at radius 1 is 1.05 bits per heavy atom. The fourth-order valence-corrected chi connectivity index (χ4v) is 5.92. The van der Waals surface area contributed by atoms with E-state index in [1.54, 1.807) is 0 Å². The SMILES string of the molecule is CN1CCN(C(=O)c2ccc3c(c2)[nH]c2c(C#N)ccc(N4CCC[C@@H](NC(=O)OCc5ccccc5)C4)c23)CC1. The van der Waals surface area contributed by atoms with Gasteiger partial charge in [-0.25, -0.2) is 4.79 Å². The maximum absolute atomic E-state index is 13.2. The smallest absolute Gasteiger partial charge is 0.407 e. The third kappa shape index (κ3) is 5.56. The molecular weight excluding hydrogens is 516 g/mol. The lowest BCUT2D eigenvalue weighted by Crippen LogP contribution is -2.48. The number of nitriles is 1. The van der Waals surface area contributed by atoms with E-state index in [0.29, 0.717) is 30.8 Å². The zero-order valence-corrected chi connectivity index (χ0v) is 23.2. The van der Waals surface area contributed by atoms with Crippen molar-refractivity contribution in [3.8, 4) is 6.07 Å². The highest BCUT2D eigenvalue weighted by molar-refractivity contribution is 6.16. The molecule has 0 spiro atoms. The zero-order valence-electron chi connectivity index (χ0n) is 23.2. The van der Waals surface area contributed by atoms with Gasteiger partial charge >= 0.3 is 6.09 Å². The summed E-state index contributed by atoms with van der Waals surface area (Å²) in [5.74, 6) is 0.0310. The number of hydrogen-bond acceptors (Lipinski definition) is 6. The molecule has 2 aliphatic heterocycles. The topological polar surface area (TPSA) is 105 Å². The van der Waals surface area contributed by atoms with Gasteiger partial charge in [0.2, 0.25) is 0 Å². The highest BCUT2D eigenvalue weighted by atomic mass is 16.5. The average Bonchev–Trinajstić information content (AvgIpc) is 3.39. The summed E-state index contributed by atoms with van der Waals surface area (Å²) in [6.07, 6.45) is 1.36. The molecule has 3 aromatic carbocycles. The number of rotatable bonds is 5. The van der Waals surface area contributed by atoms with E-state index in [2.05, 4.69) is 33.2 Å². The lowest BCUT2D eigenvalue weighted by molar-refractivity contribution is 0.0664. The highest BCUT2D eigenvalue weighted by Crippen LogP contribution is 2.37. The van der Waals surface area contributed by atoms with Crippen LogP contribution >= 0.6 is 0 Å². The van der Waals surface area contributed by atoms with Crippen LogP contribution in [-0.2, 0) is 11.3 Å². The molecule has 41 heavy (non-hydrogen) atoms. The first-order valence-electron chi connectivity index (χ1n) is 14.2.